The number of nitrogens with zero attached hydrogens (tertiary/aromatic N) is 5. The minimum absolute atomic E-state index is 0.0813. The van der Waals surface area contributed by atoms with Gasteiger partial charge in [0.2, 0.25) is 11.9 Å². The van der Waals surface area contributed by atoms with Crippen molar-refractivity contribution in [1.29, 1.82) is 0 Å². The summed E-state index contributed by atoms with van der Waals surface area (Å²) in [4.78, 5) is 40.4. The van der Waals surface area contributed by atoms with E-state index in [2.05, 4.69) is 20.6 Å². The van der Waals surface area contributed by atoms with Gasteiger partial charge in [-0.25, -0.2) is 9.97 Å². The van der Waals surface area contributed by atoms with Crippen molar-refractivity contribution in [3.8, 4) is 17.0 Å². The summed E-state index contributed by atoms with van der Waals surface area (Å²) in [6, 6.07) is 10.8. The third-order valence-electron chi connectivity index (χ3n) is 6.45. The molecule has 0 atom stereocenters. The van der Waals surface area contributed by atoms with Gasteiger partial charge in [-0.05, 0) is 20.2 Å². The summed E-state index contributed by atoms with van der Waals surface area (Å²) in [5.74, 6) is 0.167. The first-order valence-corrected chi connectivity index (χ1v) is 12.8. The number of hydrogen-bond donors (Lipinski definition) is 3. The minimum Gasteiger partial charge on any atom is -0.494 e. The number of carbonyl (C=O) groups excluding carboxylic acids is 1. The fourth-order valence-corrected chi connectivity index (χ4v) is 4.15. The number of nitro benzene ring substituents is 1. The van der Waals surface area contributed by atoms with Gasteiger partial charge < -0.3 is 30.2 Å². The van der Waals surface area contributed by atoms with Crippen molar-refractivity contribution in [2.75, 3.05) is 56.9 Å². The fourth-order valence-electron chi connectivity index (χ4n) is 4.15. The van der Waals surface area contributed by atoms with E-state index in [1.54, 1.807) is 27.0 Å². The first-order valence-electron chi connectivity index (χ1n) is 12.8. The first-order chi connectivity index (χ1) is 19.1. The molecule has 0 radical (unpaired) electrons. The monoisotopic (exact) mass is 546 g/mol. The number of para-hydroxylation sites is 1. The van der Waals surface area contributed by atoms with Gasteiger partial charge >= 0.3 is 0 Å². The molecule has 0 saturated heterocycles. The summed E-state index contributed by atoms with van der Waals surface area (Å²) in [6.07, 6.45) is 3.35. The number of benzene rings is 2. The summed E-state index contributed by atoms with van der Waals surface area (Å²) in [5, 5.41) is 19.0. The lowest BCUT2D eigenvalue weighted by Crippen LogP contribution is -2.29. The average molecular weight is 547 g/mol. The van der Waals surface area contributed by atoms with Gasteiger partial charge in [-0.15, -0.1) is 0 Å². The maximum absolute atomic E-state index is 12.6. The summed E-state index contributed by atoms with van der Waals surface area (Å²) >= 11 is 0. The number of ether oxygens (including phenoxy) is 1. The van der Waals surface area contributed by atoms with Gasteiger partial charge in [-0.2, -0.15) is 0 Å². The minimum atomic E-state index is -0.422. The number of nitrogens with one attached hydrogen (secondary N) is 3. The van der Waals surface area contributed by atoms with E-state index in [9.17, 15) is 14.9 Å². The molecule has 4 rings (SSSR count). The molecule has 40 heavy (non-hydrogen) atoms. The van der Waals surface area contributed by atoms with Gasteiger partial charge in [0.1, 0.15) is 17.1 Å². The molecule has 210 valence electrons. The van der Waals surface area contributed by atoms with E-state index in [1.165, 1.54) is 19.4 Å². The quantitative estimate of drug-likeness (QED) is 0.177. The number of rotatable bonds is 11. The number of carbonyl (C=O) groups is 1. The molecule has 3 N–H and O–H groups in total. The molecule has 2 heterocycles. The Bertz CT molecular complexity index is 1530. The first kappa shape index (κ1) is 28.3. The molecule has 0 aliphatic heterocycles. The van der Waals surface area contributed by atoms with Gasteiger partial charge in [0, 0.05) is 60.9 Å². The van der Waals surface area contributed by atoms with Crippen LogP contribution in [-0.4, -0.2) is 72.0 Å². The zero-order valence-electron chi connectivity index (χ0n) is 23.5. The molecular weight excluding hydrogens is 512 g/mol. The highest BCUT2D eigenvalue weighted by Gasteiger charge is 2.23. The van der Waals surface area contributed by atoms with Crippen LogP contribution in [0.25, 0.3) is 22.2 Å². The molecule has 1 amide bonds. The Kier molecular flexibility index (Phi) is 8.49. The Labute approximate surface area is 232 Å². The zero-order chi connectivity index (χ0) is 29.0. The van der Waals surface area contributed by atoms with Crippen molar-refractivity contribution < 1.29 is 14.5 Å². The second-order valence-corrected chi connectivity index (χ2v) is 10.00. The number of aromatic nitrogens is 3. The predicted octanol–water partition coefficient (Wildman–Crippen LogP) is 4.88. The van der Waals surface area contributed by atoms with Crippen molar-refractivity contribution >= 4 is 45.5 Å². The highest BCUT2D eigenvalue weighted by Crippen LogP contribution is 2.39. The number of methoxy groups -OCH3 is 1. The molecule has 2 aromatic heterocycles. The lowest BCUT2D eigenvalue weighted by molar-refractivity contribution is -0.384. The van der Waals surface area contributed by atoms with E-state index in [4.69, 9.17) is 9.72 Å². The summed E-state index contributed by atoms with van der Waals surface area (Å²) < 4.78 is 5.59. The maximum atomic E-state index is 12.6. The summed E-state index contributed by atoms with van der Waals surface area (Å²) in [7, 11) is 7.19. The van der Waals surface area contributed by atoms with E-state index in [1.807, 2.05) is 54.4 Å². The molecule has 0 aliphatic rings. The van der Waals surface area contributed by atoms with Crippen LogP contribution in [0.4, 0.5) is 28.7 Å². The Morgan fingerprint density at radius 1 is 1.15 bits per heavy atom. The fraction of sp³-hybridized carbons (Fsp3) is 0.321. The molecule has 0 spiro atoms. The number of fused-ring (bicyclic) bond motifs is 1. The Morgan fingerprint density at radius 2 is 1.90 bits per heavy atom. The molecule has 12 heteroatoms. The highest BCUT2D eigenvalue weighted by atomic mass is 16.6. The number of nitro groups is 1. The number of likely N-dealkylation sites (N-methyl/N-ethyl adjacent to an activating group) is 2. The smallest absolute Gasteiger partial charge is 0.294 e. The SMILES string of the molecule is COc1cc(N(C)CCN(C)C)c([N+](=O)[O-])cc1Nc1ncc(NC(=O)C(C)C)c(-c2c[nH]c3ccccc23)n1. The third kappa shape index (κ3) is 6.12. The second kappa shape index (κ2) is 12.0. The molecule has 0 unspecified atom stereocenters. The van der Waals surface area contributed by atoms with Gasteiger partial charge in [0.15, 0.2) is 0 Å². The van der Waals surface area contributed by atoms with Crippen LogP contribution in [0.3, 0.4) is 0 Å². The maximum Gasteiger partial charge on any atom is 0.294 e. The molecular formula is C28H34N8O4. The van der Waals surface area contributed by atoms with Crippen LogP contribution < -0.4 is 20.3 Å². The average Bonchev–Trinajstić information content (AvgIpc) is 3.36. The third-order valence-corrected chi connectivity index (χ3v) is 6.45. The lowest BCUT2D eigenvalue weighted by atomic mass is 10.1. The van der Waals surface area contributed by atoms with Crippen LogP contribution in [0.1, 0.15) is 13.8 Å². The van der Waals surface area contributed by atoms with Crippen LogP contribution in [0.15, 0.2) is 48.8 Å². The van der Waals surface area contributed by atoms with E-state index in [0.29, 0.717) is 35.1 Å². The predicted molar refractivity (Wildman–Crippen MR) is 158 cm³/mol. The van der Waals surface area contributed by atoms with Crippen LogP contribution in [-0.2, 0) is 4.79 Å². The summed E-state index contributed by atoms with van der Waals surface area (Å²) in [5.41, 5.74) is 3.32. The van der Waals surface area contributed by atoms with E-state index in [-0.39, 0.29) is 23.5 Å². The molecule has 2 aromatic carbocycles. The molecule has 0 aliphatic carbocycles. The van der Waals surface area contributed by atoms with Gasteiger partial charge in [0.25, 0.3) is 5.69 Å². The van der Waals surface area contributed by atoms with Crippen molar-refractivity contribution in [2.45, 2.75) is 13.8 Å². The number of aromatic amines is 1. The Morgan fingerprint density at radius 3 is 2.58 bits per heavy atom. The van der Waals surface area contributed by atoms with Crippen molar-refractivity contribution in [3.63, 3.8) is 0 Å². The topological polar surface area (TPSA) is 142 Å². The normalized spacial score (nSPS) is 11.2. The molecule has 4 aromatic rings. The van der Waals surface area contributed by atoms with Gasteiger partial charge in [-0.1, -0.05) is 32.0 Å². The van der Waals surface area contributed by atoms with Crippen molar-refractivity contribution in [1.82, 2.24) is 19.9 Å². The van der Waals surface area contributed by atoms with Gasteiger partial charge in [0.05, 0.1) is 29.6 Å². The second-order valence-electron chi connectivity index (χ2n) is 10.00. The van der Waals surface area contributed by atoms with Crippen LogP contribution in [0, 0.1) is 16.0 Å². The number of hydrogen-bond acceptors (Lipinski definition) is 9. The van der Waals surface area contributed by atoms with E-state index < -0.39 is 4.92 Å². The highest BCUT2D eigenvalue weighted by molar-refractivity contribution is 6.01. The van der Waals surface area contributed by atoms with E-state index >= 15 is 0 Å². The number of H-pyrrole nitrogens is 1. The summed E-state index contributed by atoms with van der Waals surface area (Å²) in [6.45, 7) is 4.92. The largest absolute Gasteiger partial charge is 0.494 e. The molecule has 0 fully saturated rings. The Balaban J connectivity index is 1.77. The molecule has 12 nitrogen and oxygen atoms in total. The molecule has 0 saturated carbocycles. The lowest BCUT2D eigenvalue weighted by Gasteiger charge is -2.23. The van der Waals surface area contributed by atoms with Crippen molar-refractivity contribution in [3.05, 3.63) is 58.9 Å². The van der Waals surface area contributed by atoms with Crippen LogP contribution >= 0.6 is 0 Å². The Hall–Kier alpha value is -4.71. The van der Waals surface area contributed by atoms with Crippen molar-refractivity contribution in [2.24, 2.45) is 5.92 Å². The van der Waals surface area contributed by atoms with E-state index in [0.717, 1.165) is 23.0 Å². The number of amides is 1. The number of anilines is 4. The zero-order valence-corrected chi connectivity index (χ0v) is 23.5. The molecule has 0 bridgehead atoms. The van der Waals surface area contributed by atoms with Crippen LogP contribution in [0.2, 0.25) is 0 Å². The van der Waals surface area contributed by atoms with Gasteiger partial charge in [-0.3, -0.25) is 14.9 Å². The standard InChI is InChI=1S/C28H34N8O4/c1-17(2)27(37)31-22-16-30-28(33-26(22)19-15-29-20-10-8-7-9-18(19)20)32-21-13-24(36(38)39)23(14-25(21)40-6)35(5)12-11-34(3)4/h7-10,13-17,29H,11-12H2,1-6H3,(H,31,37)(H,30,32,33). The van der Waals surface area contributed by atoms with Crippen LogP contribution in [0.5, 0.6) is 5.75 Å².